The molecule has 4 nitrogen and oxygen atoms in total. The highest BCUT2D eigenvalue weighted by molar-refractivity contribution is 5.78. The summed E-state index contributed by atoms with van der Waals surface area (Å²) in [6, 6.07) is 1.62. The van der Waals surface area contributed by atoms with E-state index in [9.17, 15) is 4.79 Å². The Morgan fingerprint density at radius 1 is 1.35 bits per heavy atom. The molecule has 2 saturated heterocycles. The molecule has 2 bridgehead atoms. The summed E-state index contributed by atoms with van der Waals surface area (Å²) in [6.07, 6.45) is 3.64. The molecule has 98 valence electrons. The fraction of sp³-hybridized carbons (Fsp3) is 0.923. The maximum atomic E-state index is 12.2. The lowest BCUT2D eigenvalue weighted by Gasteiger charge is -2.28. The zero-order valence-electron chi connectivity index (χ0n) is 11.3. The minimum atomic E-state index is 0.288. The van der Waals surface area contributed by atoms with E-state index < -0.39 is 0 Å². The molecule has 0 aromatic rings. The fourth-order valence-electron chi connectivity index (χ4n) is 2.67. The lowest BCUT2D eigenvalue weighted by atomic mass is 10.1. The molecule has 2 rings (SSSR count). The third-order valence-corrected chi connectivity index (χ3v) is 4.14. The second-order valence-electron chi connectivity index (χ2n) is 5.78. The van der Waals surface area contributed by atoms with Gasteiger partial charge < -0.3 is 10.2 Å². The van der Waals surface area contributed by atoms with Gasteiger partial charge in [-0.05, 0) is 40.2 Å². The molecule has 0 saturated carbocycles. The van der Waals surface area contributed by atoms with E-state index in [-0.39, 0.29) is 5.91 Å². The van der Waals surface area contributed by atoms with Crippen molar-refractivity contribution in [2.45, 2.75) is 51.2 Å². The Labute approximate surface area is 104 Å². The van der Waals surface area contributed by atoms with Crippen LogP contribution in [-0.2, 0) is 4.79 Å². The summed E-state index contributed by atoms with van der Waals surface area (Å²) in [5.41, 5.74) is 0. The van der Waals surface area contributed by atoms with Gasteiger partial charge in [-0.25, -0.2) is 0 Å². The topological polar surface area (TPSA) is 35.6 Å². The zero-order chi connectivity index (χ0) is 12.4. The van der Waals surface area contributed by atoms with E-state index >= 15 is 0 Å². The van der Waals surface area contributed by atoms with E-state index in [2.05, 4.69) is 29.0 Å². The summed E-state index contributed by atoms with van der Waals surface area (Å²) in [5.74, 6) is 0.288. The van der Waals surface area contributed by atoms with Crippen LogP contribution in [0.4, 0.5) is 0 Å². The van der Waals surface area contributed by atoms with Crippen LogP contribution >= 0.6 is 0 Å². The Hall–Kier alpha value is -0.610. The predicted octanol–water partition coefficient (Wildman–Crippen LogP) is 0.680. The first-order valence-corrected chi connectivity index (χ1v) is 6.80. The molecule has 0 spiro atoms. The molecule has 0 aromatic heterocycles. The molecular formula is C13H25N3O. The summed E-state index contributed by atoms with van der Waals surface area (Å²) in [6.45, 7) is 6.63. The smallest absolute Gasteiger partial charge is 0.236 e. The number of hydrogen-bond donors (Lipinski definition) is 1. The predicted molar refractivity (Wildman–Crippen MR) is 68.9 cm³/mol. The highest BCUT2D eigenvalue weighted by Gasteiger charge is 2.31. The molecule has 1 amide bonds. The quantitative estimate of drug-likeness (QED) is 0.786. The Morgan fingerprint density at radius 2 is 2.06 bits per heavy atom. The van der Waals surface area contributed by atoms with Crippen molar-refractivity contribution in [1.29, 1.82) is 0 Å². The van der Waals surface area contributed by atoms with Crippen LogP contribution in [0.1, 0.15) is 33.1 Å². The number of nitrogens with zero attached hydrogens (tertiary/aromatic N) is 2. The van der Waals surface area contributed by atoms with Crippen molar-refractivity contribution >= 4 is 5.91 Å². The first-order chi connectivity index (χ1) is 8.06. The van der Waals surface area contributed by atoms with Crippen molar-refractivity contribution in [2.75, 3.05) is 26.7 Å². The normalized spacial score (nSPS) is 28.9. The van der Waals surface area contributed by atoms with Crippen molar-refractivity contribution in [2.24, 2.45) is 0 Å². The maximum absolute atomic E-state index is 12.2. The summed E-state index contributed by atoms with van der Waals surface area (Å²) < 4.78 is 0. The average molecular weight is 239 g/mol. The summed E-state index contributed by atoms with van der Waals surface area (Å²) >= 11 is 0. The molecular weight excluding hydrogens is 214 g/mol. The van der Waals surface area contributed by atoms with Crippen molar-refractivity contribution in [3.63, 3.8) is 0 Å². The number of nitrogens with one attached hydrogen (secondary N) is 1. The second-order valence-corrected chi connectivity index (χ2v) is 5.78. The number of carbonyl (C=O) groups excluding carboxylic acids is 1. The Bertz CT molecular complexity index is 280. The SMILES string of the molecule is CC(C)N(C)CC(=O)N1CCC2CCC(C1)N2. The molecule has 2 heterocycles. The van der Waals surface area contributed by atoms with Crippen molar-refractivity contribution in [3.05, 3.63) is 0 Å². The number of rotatable bonds is 3. The van der Waals surface area contributed by atoms with Gasteiger partial charge in [0.15, 0.2) is 0 Å². The molecule has 0 radical (unpaired) electrons. The molecule has 2 fully saturated rings. The van der Waals surface area contributed by atoms with Gasteiger partial charge in [0, 0.05) is 31.2 Å². The first kappa shape index (κ1) is 12.8. The number of fused-ring (bicyclic) bond motifs is 2. The van der Waals surface area contributed by atoms with Crippen LogP contribution in [0.2, 0.25) is 0 Å². The van der Waals surface area contributed by atoms with Gasteiger partial charge in [-0.2, -0.15) is 0 Å². The van der Waals surface area contributed by atoms with Gasteiger partial charge >= 0.3 is 0 Å². The van der Waals surface area contributed by atoms with Gasteiger partial charge in [0.1, 0.15) is 0 Å². The summed E-state index contributed by atoms with van der Waals surface area (Å²) in [7, 11) is 2.02. The minimum Gasteiger partial charge on any atom is -0.340 e. The Balaban J connectivity index is 1.87. The van der Waals surface area contributed by atoms with E-state index in [0.717, 1.165) is 19.5 Å². The highest BCUT2D eigenvalue weighted by atomic mass is 16.2. The molecule has 0 aliphatic carbocycles. The fourth-order valence-corrected chi connectivity index (χ4v) is 2.67. The third-order valence-electron chi connectivity index (χ3n) is 4.14. The highest BCUT2D eigenvalue weighted by Crippen LogP contribution is 2.20. The van der Waals surface area contributed by atoms with Crippen LogP contribution in [0.15, 0.2) is 0 Å². The van der Waals surface area contributed by atoms with Crippen LogP contribution in [-0.4, -0.2) is 60.5 Å². The van der Waals surface area contributed by atoms with Crippen molar-refractivity contribution in [1.82, 2.24) is 15.1 Å². The van der Waals surface area contributed by atoms with E-state index in [1.807, 2.05) is 7.05 Å². The molecule has 2 atom stereocenters. The average Bonchev–Trinajstić information content (AvgIpc) is 2.57. The van der Waals surface area contributed by atoms with E-state index in [0.29, 0.717) is 24.7 Å². The van der Waals surface area contributed by atoms with Crippen LogP contribution in [0.3, 0.4) is 0 Å². The first-order valence-electron chi connectivity index (χ1n) is 6.80. The monoisotopic (exact) mass is 239 g/mol. The molecule has 2 aliphatic heterocycles. The second kappa shape index (κ2) is 5.36. The van der Waals surface area contributed by atoms with Gasteiger partial charge in [0.25, 0.3) is 0 Å². The Morgan fingerprint density at radius 3 is 2.76 bits per heavy atom. The van der Waals surface area contributed by atoms with E-state index in [4.69, 9.17) is 0 Å². The van der Waals surface area contributed by atoms with Crippen molar-refractivity contribution < 1.29 is 4.79 Å². The molecule has 1 N–H and O–H groups in total. The van der Waals surface area contributed by atoms with Gasteiger partial charge in [0.05, 0.1) is 6.54 Å². The van der Waals surface area contributed by atoms with Crippen LogP contribution < -0.4 is 5.32 Å². The lowest BCUT2D eigenvalue weighted by molar-refractivity contribution is -0.132. The van der Waals surface area contributed by atoms with Gasteiger partial charge in [-0.3, -0.25) is 9.69 Å². The lowest BCUT2D eigenvalue weighted by Crippen LogP contribution is -2.44. The van der Waals surface area contributed by atoms with Crippen LogP contribution in [0, 0.1) is 0 Å². The molecule has 2 aliphatic rings. The standard InChI is InChI=1S/C13H25N3O/c1-10(2)15(3)9-13(17)16-7-6-11-4-5-12(8-16)14-11/h10-12,14H,4-9H2,1-3H3. The van der Waals surface area contributed by atoms with Gasteiger partial charge in [0.2, 0.25) is 5.91 Å². The summed E-state index contributed by atoms with van der Waals surface area (Å²) in [4.78, 5) is 16.4. The van der Waals surface area contributed by atoms with Gasteiger partial charge in [-0.15, -0.1) is 0 Å². The number of likely N-dealkylation sites (N-methyl/N-ethyl adjacent to an activating group) is 1. The largest absolute Gasteiger partial charge is 0.340 e. The van der Waals surface area contributed by atoms with Gasteiger partial charge in [-0.1, -0.05) is 0 Å². The third kappa shape index (κ3) is 3.19. The Kier molecular flexibility index (Phi) is 4.05. The van der Waals surface area contributed by atoms with E-state index in [1.165, 1.54) is 12.8 Å². The molecule has 0 aromatic carbocycles. The van der Waals surface area contributed by atoms with Crippen LogP contribution in [0.25, 0.3) is 0 Å². The number of likely N-dealkylation sites (tertiary alicyclic amines) is 1. The van der Waals surface area contributed by atoms with Crippen molar-refractivity contribution in [3.8, 4) is 0 Å². The summed E-state index contributed by atoms with van der Waals surface area (Å²) in [5, 5.41) is 3.61. The molecule has 4 heteroatoms. The minimum absolute atomic E-state index is 0.288. The number of amides is 1. The number of carbonyl (C=O) groups is 1. The maximum Gasteiger partial charge on any atom is 0.236 e. The number of hydrogen-bond acceptors (Lipinski definition) is 3. The molecule has 2 unspecified atom stereocenters. The molecule has 17 heavy (non-hydrogen) atoms. The van der Waals surface area contributed by atoms with E-state index in [1.54, 1.807) is 0 Å². The zero-order valence-corrected chi connectivity index (χ0v) is 11.3. The van der Waals surface area contributed by atoms with Crippen LogP contribution in [0.5, 0.6) is 0 Å².